The number of rotatable bonds is 7. The molecule has 4 rings (SSSR count). The van der Waals surface area contributed by atoms with Gasteiger partial charge in [-0.2, -0.15) is 0 Å². The lowest BCUT2D eigenvalue weighted by molar-refractivity contribution is -0.123. The van der Waals surface area contributed by atoms with Gasteiger partial charge in [-0.05, 0) is 84.4 Å². The first kappa shape index (κ1) is 27.3. The molecule has 0 saturated carbocycles. The molecule has 0 spiro atoms. The minimum Gasteiger partial charge on any atom is -0.457 e. The minimum absolute atomic E-state index is 0.0643. The van der Waals surface area contributed by atoms with Crippen LogP contribution in [0.25, 0.3) is 0 Å². The van der Waals surface area contributed by atoms with Gasteiger partial charge in [0.2, 0.25) is 0 Å². The lowest BCUT2D eigenvalue weighted by Crippen LogP contribution is -2.50. The molecular formula is C27H38N4O5S. The molecule has 1 aromatic carbocycles. The zero-order valence-corrected chi connectivity index (χ0v) is 23.4. The van der Waals surface area contributed by atoms with Gasteiger partial charge in [-0.1, -0.05) is 6.42 Å². The van der Waals surface area contributed by atoms with E-state index in [0.29, 0.717) is 36.0 Å². The van der Waals surface area contributed by atoms with Gasteiger partial charge in [0.05, 0.1) is 11.3 Å². The molecule has 10 heteroatoms. The van der Waals surface area contributed by atoms with Gasteiger partial charge in [-0.25, -0.2) is 9.59 Å². The molecule has 0 unspecified atom stereocenters. The van der Waals surface area contributed by atoms with Crippen LogP contribution < -0.4 is 4.90 Å². The van der Waals surface area contributed by atoms with E-state index in [1.165, 1.54) is 0 Å². The molecule has 3 aliphatic heterocycles. The van der Waals surface area contributed by atoms with Crippen molar-refractivity contribution in [2.24, 2.45) is 0 Å². The highest BCUT2D eigenvalue weighted by Crippen LogP contribution is 2.34. The lowest BCUT2D eigenvalue weighted by Gasteiger charge is -2.35. The van der Waals surface area contributed by atoms with Gasteiger partial charge in [0.15, 0.2) is 5.11 Å². The Hall–Kier alpha value is -2.72. The number of unbranched alkanes of at least 4 members (excludes halogenated alkanes) is 2. The summed E-state index contributed by atoms with van der Waals surface area (Å²) in [7, 11) is 0. The first-order valence-electron chi connectivity index (χ1n) is 13.0. The third kappa shape index (κ3) is 5.90. The summed E-state index contributed by atoms with van der Waals surface area (Å²) in [4.78, 5) is 45.1. The maximum atomic E-state index is 13.3. The van der Waals surface area contributed by atoms with Gasteiger partial charge in [0.1, 0.15) is 17.7 Å². The Labute approximate surface area is 224 Å². The summed E-state index contributed by atoms with van der Waals surface area (Å²) in [6.45, 7) is 14.5. The van der Waals surface area contributed by atoms with E-state index in [1.807, 2.05) is 45.6 Å². The summed E-state index contributed by atoms with van der Waals surface area (Å²) in [5, 5.41) is 0.499. The van der Waals surface area contributed by atoms with E-state index in [1.54, 1.807) is 21.9 Å². The van der Waals surface area contributed by atoms with Crippen LogP contribution in [0.3, 0.4) is 0 Å². The molecule has 0 atom stereocenters. The number of thiocarbonyl (C=S) groups is 1. The van der Waals surface area contributed by atoms with Gasteiger partial charge in [-0.15, -0.1) is 0 Å². The van der Waals surface area contributed by atoms with Crippen LogP contribution in [0.15, 0.2) is 18.2 Å². The molecule has 3 aliphatic rings. The maximum Gasteiger partial charge on any atom is 0.410 e. The SMILES string of the molecule is CC(C)(C)OC(=O)N1CCN(CCCCCN2C(=S)N(c3ccc4c(c3)COC4=O)C(=O)C2(C)C)CC1. The fourth-order valence-electron chi connectivity index (χ4n) is 4.96. The quantitative estimate of drug-likeness (QED) is 0.299. The van der Waals surface area contributed by atoms with E-state index in [0.717, 1.165) is 44.5 Å². The molecular weight excluding hydrogens is 492 g/mol. The van der Waals surface area contributed by atoms with Crippen LogP contribution in [0.5, 0.6) is 0 Å². The van der Waals surface area contributed by atoms with Crippen molar-refractivity contribution in [2.75, 3.05) is 44.2 Å². The number of hydrogen-bond acceptors (Lipinski definition) is 7. The van der Waals surface area contributed by atoms with Crippen molar-refractivity contribution in [1.29, 1.82) is 0 Å². The molecule has 1 aromatic rings. The molecule has 0 radical (unpaired) electrons. The summed E-state index contributed by atoms with van der Waals surface area (Å²) in [6, 6.07) is 5.29. The predicted octanol–water partition coefficient (Wildman–Crippen LogP) is 3.79. The van der Waals surface area contributed by atoms with Crippen molar-refractivity contribution in [3.8, 4) is 0 Å². The number of carbonyl (C=O) groups excluding carboxylic acids is 3. The average Bonchev–Trinajstić information content (AvgIpc) is 3.27. The van der Waals surface area contributed by atoms with E-state index < -0.39 is 11.1 Å². The summed E-state index contributed by atoms with van der Waals surface area (Å²) >= 11 is 5.75. The number of benzene rings is 1. The summed E-state index contributed by atoms with van der Waals surface area (Å²) in [6.07, 6.45) is 2.76. The zero-order valence-electron chi connectivity index (χ0n) is 22.5. The highest BCUT2D eigenvalue weighted by molar-refractivity contribution is 7.80. The lowest BCUT2D eigenvalue weighted by atomic mass is 10.0. The predicted molar refractivity (Wildman–Crippen MR) is 145 cm³/mol. The number of carbonyl (C=O) groups is 3. The standard InChI is InChI=1S/C27H38N4O5S/c1-26(2,3)36-25(34)29-15-13-28(14-16-29)11-7-6-8-12-30-24(37)31(23(33)27(30,4)5)20-9-10-21-19(17-20)18-35-22(21)32/h9-10,17H,6-8,11-16,18H2,1-5H3. The van der Waals surface area contributed by atoms with Crippen LogP contribution >= 0.6 is 12.2 Å². The number of anilines is 1. The Morgan fingerprint density at radius 2 is 1.73 bits per heavy atom. The molecule has 2 fully saturated rings. The summed E-state index contributed by atoms with van der Waals surface area (Å²) in [5.74, 6) is -0.394. The highest BCUT2D eigenvalue weighted by atomic mass is 32.1. The largest absolute Gasteiger partial charge is 0.457 e. The van der Waals surface area contributed by atoms with Gasteiger partial charge in [0.25, 0.3) is 5.91 Å². The van der Waals surface area contributed by atoms with Gasteiger partial charge < -0.3 is 19.3 Å². The molecule has 202 valence electrons. The van der Waals surface area contributed by atoms with Crippen molar-refractivity contribution in [1.82, 2.24) is 14.7 Å². The zero-order chi connectivity index (χ0) is 27.0. The number of fused-ring (bicyclic) bond motifs is 1. The Morgan fingerprint density at radius 1 is 1.05 bits per heavy atom. The third-order valence-corrected chi connectivity index (χ3v) is 7.53. The van der Waals surface area contributed by atoms with E-state index in [4.69, 9.17) is 21.7 Å². The maximum absolute atomic E-state index is 13.3. The van der Waals surface area contributed by atoms with E-state index >= 15 is 0 Å². The van der Waals surface area contributed by atoms with Gasteiger partial charge in [0, 0.05) is 38.3 Å². The smallest absolute Gasteiger partial charge is 0.410 e. The van der Waals surface area contributed by atoms with E-state index in [-0.39, 0.29) is 24.6 Å². The third-order valence-electron chi connectivity index (χ3n) is 7.13. The van der Waals surface area contributed by atoms with E-state index in [9.17, 15) is 14.4 Å². The molecule has 9 nitrogen and oxygen atoms in total. The molecule has 0 bridgehead atoms. The number of nitrogens with zero attached hydrogens (tertiary/aromatic N) is 4. The fraction of sp³-hybridized carbons (Fsp3) is 0.630. The Bertz CT molecular complexity index is 1080. The van der Waals surface area contributed by atoms with Gasteiger partial charge in [-0.3, -0.25) is 14.6 Å². The second-order valence-corrected chi connectivity index (χ2v) is 11.8. The highest BCUT2D eigenvalue weighted by Gasteiger charge is 2.49. The number of amides is 2. The van der Waals surface area contributed by atoms with Crippen molar-refractivity contribution in [3.05, 3.63) is 29.3 Å². The van der Waals surface area contributed by atoms with Crippen LogP contribution in [0.2, 0.25) is 0 Å². The normalized spacial score (nSPS) is 19.9. The molecule has 37 heavy (non-hydrogen) atoms. The molecule has 0 N–H and O–H groups in total. The first-order chi connectivity index (χ1) is 17.4. The van der Waals surface area contributed by atoms with Gasteiger partial charge >= 0.3 is 12.1 Å². The topological polar surface area (TPSA) is 82.6 Å². The van der Waals surface area contributed by atoms with Crippen LogP contribution in [0, 0.1) is 0 Å². The van der Waals surface area contributed by atoms with E-state index in [2.05, 4.69) is 4.90 Å². The van der Waals surface area contributed by atoms with Crippen molar-refractivity contribution in [3.63, 3.8) is 0 Å². The molecule has 2 saturated heterocycles. The number of ether oxygens (including phenoxy) is 2. The second kappa shape index (κ2) is 10.6. The molecule has 0 aliphatic carbocycles. The molecule has 0 aromatic heterocycles. The van der Waals surface area contributed by atoms with Crippen LogP contribution in [0.4, 0.5) is 10.5 Å². The number of cyclic esters (lactones) is 1. The fourth-order valence-corrected chi connectivity index (χ4v) is 5.47. The molecule has 3 heterocycles. The van der Waals surface area contributed by atoms with Crippen LogP contribution in [-0.2, 0) is 20.9 Å². The monoisotopic (exact) mass is 530 g/mol. The van der Waals surface area contributed by atoms with Crippen LogP contribution in [-0.4, -0.2) is 88.2 Å². The Balaban J connectivity index is 1.23. The Kier molecular flexibility index (Phi) is 7.80. The number of esters is 1. The summed E-state index contributed by atoms with van der Waals surface area (Å²) < 4.78 is 10.6. The van der Waals surface area contributed by atoms with Crippen molar-refractivity contribution < 1.29 is 23.9 Å². The molecule has 2 amide bonds. The average molecular weight is 531 g/mol. The first-order valence-corrected chi connectivity index (χ1v) is 13.5. The van der Waals surface area contributed by atoms with Crippen LogP contribution in [0.1, 0.15) is 69.8 Å². The van der Waals surface area contributed by atoms with Crippen molar-refractivity contribution >= 4 is 41.0 Å². The number of piperazine rings is 1. The van der Waals surface area contributed by atoms with Crippen molar-refractivity contribution in [2.45, 2.75) is 71.6 Å². The second-order valence-electron chi connectivity index (χ2n) is 11.4. The minimum atomic E-state index is -0.736. The summed E-state index contributed by atoms with van der Waals surface area (Å²) in [5.41, 5.74) is 0.789. The number of hydrogen-bond donors (Lipinski definition) is 0. The Morgan fingerprint density at radius 3 is 2.41 bits per heavy atom.